The maximum atomic E-state index is 13.4. The van der Waals surface area contributed by atoms with Crippen LogP contribution in [-0.4, -0.2) is 45.5 Å². The molecule has 0 bridgehead atoms. The first-order chi connectivity index (χ1) is 14.7. The molecule has 3 atom stereocenters. The van der Waals surface area contributed by atoms with Crippen molar-refractivity contribution in [1.82, 2.24) is 19.9 Å². The van der Waals surface area contributed by atoms with Crippen LogP contribution in [0.3, 0.4) is 0 Å². The topological polar surface area (TPSA) is 77.4 Å². The highest BCUT2D eigenvalue weighted by molar-refractivity contribution is 5.94. The number of likely N-dealkylation sites (tertiary alicyclic amines) is 1. The lowest BCUT2D eigenvalue weighted by molar-refractivity contribution is 0.0674. The van der Waals surface area contributed by atoms with E-state index in [0.29, 0.717) is 37.0 Å². The van der Waals surface area contributed by atoms with Gasteiger partial charge in [0.05, 0.1) is 24.8 Å². The molecule has 0 aliphatic carbocycles. The van der Waals surface area contributed by atoms with Gasteiger partial charge in [-0.25, -0.2) is 4.98 Å². The van der Waals surface area contributed by atoms with Gasteiger partial charge in [-0.3, -0.25) is 9.78 Å². The molecule has 2 aliphatic heterocycles. The summed E-state index contributed by atoms with van der Waals surface area (Å²) in [7, 11) is 0. The van der Waals surface area contributed by atoms with E-state index in [4.69, 9.17) is 9.47 Å². The number of amides is 1. The highest BCUT2D eigenvalue weighted by Crippen LogP contribution is 2.47. The molecule has 7 heteroatoms. The molecule has 0 saturated carbocycles. The quantitative estimate of drug-likeness (QED) is 0.667. The first kappa shape index (κ1) is 18.5. The predicted octanol–water partition coefficient (Wildman–Crippen LogP) is 3.08. The number of hydrogen-bond acceptors (Lipinski definition) is 6. The number of carbonyl (C=O) groups excluding carboxylic acids is 1. The van der Waals surface area contributed by atoms with Crippen molar-refractivity contribution in [2.45, 2.75) is 13.0 Å². The number of carbonyl (C=O) groups is 1. The zero-order valence-electron chi connectivity index (χ0n) is 16.6. The number of benzene rings is 1. The normalized spacial score (nSPS) is 22.0. The molecule has 1 aromatic carbocycles. The molecule has 2 aromatic heterocycles. The fraction of sp³-hybridized carbons (Fsp3) is 0.304. The third kappa shape index (κ3) is 3.36. The van der Waals surface area contributed by atoms with Gasteiger partial charge in [0.25, 0.3) is 5.91 Å². The highest BCUT2D eigenvalue weighted by Gasteiger charge is 2.48. The lowest BCUT2D eigenvalue weighted by Crippen LogP contribution is -2.35. The van der Waals surface area contributed by atoms with E-state index in [1.54, 1.807) is 30.7 Å². The molecule has 0 spiro atoms. The standard InChI is InChI=1S/C23H22N4O3/c1-15-25-10-8-21(26-15)30-13-17-12-27(23(28)16-5-4-9-24-11-16)22-18-6-2-3-7-20(18)29-14-19(17)22/h2-11,17,19,22H,12-14H2,1H3/t17-,19-,22-/m0/s1. The van der Waals surface area contributed by atoms with E-state index >= 15 is 0 Å². The summed E-state index contributed by atoms with van der Waals surface area (Å²) in [4.78, 5) is 27.9. The SMILES string of the molecule is Cc1nccc(OC[C@@H]2CN(C(=O)c3cccnc3)[C@H]3c4ccccc4OC[C@@H]23)n1. The van der Waals surface area contributed by atoms with Gasteiger partial charge in [0, 0.05) is 48.6 Å². The van der Waals surface area contributed by atoms with E-state index in [0.717, 1.165) is 11.3 Å². The van der Waals surface area contributed by atoms with Crippen molar-refractivity contribution in [2.24, 2.45) is 11.8 Å². The van der Waals surface area contributed by atoms with Gasteiger partial charge in [-0.1, -0.05) is 18.2 Å². The van der Waals surface area contributed by atoms with Gasteiger partial charge in [0.15, 0.2) is 0 Å². The van der Waals surface area contributed by atoms with E-state index in [2.05, 4.69) is 15.0 Å². The minimum absolute atomic E-state index is 0.0183. The molecule has 7 nitrogen and oxygen atoms in total. The van der Waals surface area contributed by atoms with Gasteiger partial charge in [-0.05, 0) is 25.1 Å². The van der Waals surface area contributed by atoms with Crippen LogP contribution < -0.4 is 9.47 Å². The van der Waals surface area contributed by atoms with Crippen LogP contribution in [0.4, 0.5) is 0 Å². The number of nitrogens with zero attached hydrogens (tertiary/aromatic N) is 4. The van der Waals surface area contributed by atoms with Gasteiger partial charge < -0.3 is 14.4 Å². The molecule has 4 heterocycles. The number of pyridine rings is 1. The smallest absolute Gasteiger partial charge is 0.255 e. The van der Waals surface area contributed by atoms with Gasteiger partial charge in [0.2, 0.25) is 5.88 Å². The van der Waals surface area contributed by atoms with Crippen LogP contribution >= 0.6 is 0 Å². The van der Waals surface area contributed by atoms with Crippen molar-refractivity contribution in [3.8, 4) is 11.6 Å². The summed E-state index contributed by atoms with van der Waals surface area (Å²) >= 11 is 0. The summed E-state index contributed by atoms with van der Waals surface area (Å²) in [6, 6.07) is 13.3. The first-order valence-corrected chi connectivity index (χ1v) is 10.1. The molecule has 0 radical (unpaired) electrons. The Labute approximate surface area is 174 Å². The summed E-state index contributed by atoms with van der Waals surface area (Å²) in [5.41, 5.74) is 1.64. The Morgan fingerprint density at radius 1 is 1.20 bits per heavy atom. The fourth-order valence-electron chi connectivity index (χ4n) is 4.41. The summed E-state index contributed by atoms with van der Waals surface area (Å²) in [6.07, 6.45) is 4.98. The fourth-order valence-corrected chi connectivity index (χ4v) is 4.41. The molecular formula is C23H22N4O3. The second-order valence-electron chi connectivity index (χ2n) is 7.67. The van der Waals surface area contributed by atoms with Gasteiger partial charge in [-0.15, -0.1) is 0 Å². The molecule has 5 rings (SSSR count). The minimum atomic E-state index is -0.0524. The molecule has 1 amide bonds. The zero-order chi connectivity index (χ0) is 20.5. The molecule has 2 aliphatic rings. The van der Waals surface area contributed by atoms with Crippen molar-refractivity contribution >= 4 is 5.91 Å². The Morgan fingerprint density at radius 2 is 2.10 bits per heavy atom. The molecule has 3 aromatic rings. The third-order valence-electron chi connectivity index (χ3n) is 5.81. The summed E-state index contributed by atoms with van der Waals surface area (Å²) < 4.78 is 12.0. The number of hydrogen-bond donors (Lipinski definition) is 0. The van der Waals surface area contributed by atoms with E-state index in [1.165, 1.54) is 0 Å². The van der Waals surface area contributed by atoms with E-state index in [9.17, 15) is 4.79 Å². The molecule has 1 fully saturated rings. The van der Waals surface area contributed by atoms with Crippen LogP contribution in [-0.2, 0) is 0 Å². The molecule has 0 unspecified atom stereocenters. The number of aryl methyl sites for hydroxylation is 1. The van der Waals surface area contributed by atoms with Gasteiger partial charge >= 0.3 is 0 Å². The second-order valence-corrected chi connectivity index (χ2v) is 7.67. The van der Waals surface area contributed by atoms with Crippen molar-refractivity contribution in [3.05, 3.63) is 78.0 Å². The van der Waals surface area contributed by atoms with Crippen LogP contribution in [0.25, 0.3) is 0 Å². The lowest BCUT2D eigenvalue weighted by Gasteiger charge is -2.34. The molecule has 0 N–H and O–H groups in total. The molecule has 1 saturated heterocycles. The molecule has 152 valence electrons. The Bertz CT molecular complexity index is 1060. The highest BCUT2D eigenvalue weighted by atomic mass is 16.5. The van der Waals surface area contributed by atoms with Crippen LogP contribution in [0, 0.1) is 18.8 Å². The average molecular weight is 402 g/mol. The molecular weight excluding hydrogens is 380 g/mol. The number of fused-ring (bicyclic) bond motifs is 3. The van der Waals surface area contributed by atoms with Crippen LogP contribution in [0.5, 0.6) is 11.6 Å². The van der Waals surface area contributed by atoms with E-state index < -0.39 is 0 Å². The van der Waals surface area contributed by atoms with Crippen LogP contribution in [0.2, 0.25) is 0 Å². The van der Waals surface area contributed by atoms with Crippen molar-refractivity contribution < 1.29 is 14.3 Å². The van der Waals surface area contributed by atoms with Gasteiger partial charge in [-0.2, -0.15) is 4.98 Å². The van der Waals surface area contributed by atoms with Crippen molar-refractivity contribution in [2.75, 3.05) is 19.8 Å². The van der Waals surface area contributed by atoms with E-state index in [1.807, 2.05) is 42.2 Å². The third-order valence-corrected chi connectivity index (χ3v) is 5.81. The summed E-state index contributed by atoms with van der Waals surface area (Å²) in [5, 5.41) is 0. The van der Waals surface area contributed by atoms with E-state index in [-0.39, 0.29) is 23.8 Å². The van der Waals surface area contributed by atoms with Crippen LogP contribution in [0.15, 0.2) is 61.1 Å². The van der Waals surface area contributed by atoms with Crippen LogP contribution in [0.1, 0.15) is 27.8 Å². The van der Waals surface area contributed by atoms with Crippen molar-refractivity contribution in [3.63, 3.8) is 0 Å². The Hall–Kier alpha value is -3.48. The minimum Gasteiger partial charge on any atom is -0.493 e. The number of ether oxygens (including phenoxy) is 2. The first-order valence-electron chi connectivity index (χ1n) is 10.1. The number of aromatic nitrogens is 3. The maximum absolute atomic E-state index is 13.4. The zero-order valence-corrected chi connectivity index (χ0v) is 16.6. The predicted molar refractivity (Wildman–Crippen MR) is 109 cm³/mol. The summed E-state index contributed by atoms with van der Waals surface area (Å²) in [5.74, 6) is 2.31. The second kappa shape index (κ2) is 7.74. The lowest BCUT2D eigenvalue weighted by atomic mass is 9.85. The Morgan fingerprint density at radius 3 is 2.93 bits per heavy atom. The van der Waals surface area contributed by atoms with Crippen molar-refractivity contribution in [1.29, 1.82) is 0 Å². The maximum Gasteiger partial charge on any atom is 0.255 e. The number of rotatable bonds is 4. The Balaban J connectivity index is 1.44. The monoisotopic (exact) mass is 402 g/mol. The van der Waals surface area contributed by atoms with Gasteiger partial charge in [0.1, 0.15) is 11.6 Å². The largest absolute Gasteiger partial charge is 0.493 e. The molecule has 30 heavy (non-hydrogen) atoms. The Kier molecular flexibility index (Phi) is 4.78. The number of para-hydroxylation sites is 1. The summed E-state index contributed by atoms with van der Waals surface area (Å²) in [6.45, 7) is 3.43. The average Bonchev–Trinajstić information content (AvgIpc) is 3.17.